The summed E-state index contributed by atoms with van der Waals surface area (Å²) in [4.78, 5) is 36.7. The number of nitrogens with zero attached hydrogens (tertiary/aromatic N) is 2. The molecule has 2 aromatic rings. The fourth-order valence-corrected chi connectivity index (χ4v) is 2.88. The average molecular weight is 365 g/mol. The summed E-state index contributed by atoms with van der Waals surface area (Å²) in [6.07, 6.45) is 0.00602. The van der Waals surface area contributed by atoms with Gasteiger partial charge < -0.3 is 14.8 Å². The van der Waals surface area contributed by atoms with Gasteiger partial charge in [0.15, 0.2) is 0 Å². The van der Waals surface area contributed by atoms with Crippen molar-refractivity contribution in [3.05, 3.63) is 50.6 Å². The van der Waals surface area contributed by atoms with Gasteiger partial charge in [0, 0.05) is 18.1 Å². The lowest BCUT2D eigenvalue weighted by atomic mass is 10.1. The van der Waals surface area contributed by atoms with Crippen molar-refractivity contribution in [2.75, 3.05) is 20.8 Å². The molecule has 0 saturated carbocycles. The number of esters is 1. The number of methoxy groups -OCH3 is 2. The summed E-state index contributed by atoms with van der Waals surface area (Å²) in [5.41, 5.74) is -0.236. The molecule has 134 valence electrons. The monoisotopic (exact) mass is 365 g/mol. The van der Waals surface area contributed by atoms with Gasteiger partial charge in [0.05, 0.1) is 32.7 Å². The fourth-order valence-electron chi connectivity index (χ4n) is 2.10. The minimum absolute atomic E-state index is 0.00602. The van der Waals surface area contributed by atoms with Crippen LogP contribution in [0.1, 0.15) is 27.8 Å². The summed E-state index contributed by atoms with van der Waals surface area (Å²) >= 11 is 1.42. The van der Waals surface area contributed by atoms with Gasteiger partial charge in [-0.2, -0.15) is 5.10 Å². The molecule has 0 unspecified atom stereocenters. The maximum atomic E-state index is 12.5. The Morgan fingerprint density at radius 3 is 2.76 bits per heavy atom. The van der Waals surface area contributed by atoms with E-state index in [4.69, 9.17) is 4.74 Å². The van der Waals surface area contributed by atoms with Gasteiger partial charge in [-0.15, -0.1) is 11.3 Å². The lowest BCUT2D eigenvalue weighted by Crippen LogP contribution is -2.33. The van der Waals surface area contributed by atoms with E-state index >= 15 is 0 Å². The van der Waals surface area contributed by atoms with E-state index < -0.39 is 17.9 Å². The fraction of sp³-hybridized carbons (Fsp3) is 0.375. The van der Waals surface area contributed by atoms with E-state index in [1.807, 2.05) is 17.5 Å². The largest absolute Gasteiger partial charge is 0.469 e. The molecule has 0 aromatic carbocycles. The van der Waals surface area contributed by atoms with Crippen molar-refractivity contribution in [1.82, 2.24) is 15.1 Å². The molecule has 1 amide bonds. The molecule has 0 fully saturated rings. The first kappa shape index (κ1) is 18.8. The van der Waals surface area contributed by atoms with Crippen LogP contribution >= 0.6 is 11.3 Å². The Kier molecular flexibility index (Phi) is 6.84. The van der Waals surface area contributed by atoms with Crippen molar-refractivity contribution >= 4 is 23.2 Å². The second-order valence-electron chi connectivity index (χ2n) is 5.09. The van der Waals surface area contributed by atoms with E-state index in [2.05, 4.69) is 15.2 Å². The van der Waals surface area contributed by atoms with Crippen molar-refractivity contribution in [2.24, 2.45) is 0 Å². The molecule has 25 heavy (non-hydrogen) atoms. The van der Waals surface area contributed by atoms with Crippen LogP contribution in [-0.2, 0) is 20.8 Å². The van der Waals surface area contributed by atoms with Crippen LogP contribution in [0.3, 0.4) is 0 Å². The lowest BCUT2D eigenvalue weighted by molar-refractivity contribution is -0.141. The van der Waals surface area contributed by atoms with Gasteiger partial charge in [0.25, 0.3) is 11.5 Å². The highest BCUT2D eigenvalue weighted by molar-refractivity contribution is 7.10. The van der Waals surface area contributed by atoms with Crippen LogP contribution in [0, 0.1) is 0 Å². The molecule has 2 aromatic heterocycles. The predicted octanol–water partition coefficient (Wildman–Crippen LogP) is 0.985. The summed E-state index contributed by atoms with van der Waals surface area (Å²) in [6.45, 7) is 0.547. The van der Waals surface area contributed by atoms with Gasteiger partial charge in [-0.3, -0.25) is 14.4 Å². The molecular formula is C16H19N3O5S. The summed E-state index contributed by atoms with van der Waals surface area (Å²) < 4.78 is 10.8. The molecular weight excluding hydrogens is 346 g/mol. The second-order valence-corrected chi connectivity index (χ2v) is 6.07. The Morgan fingerprint density at radius 2 is 2.12 bits per heavy atom. The second kappa shape index (κ2) is 9.09. The standard InChI is InChI=1S/C16H19N3O5S/c1-23-8-7-19-14(20)6-5-11(18-19)16(22)17-12(10-15(21)24-2)13-4-3-9-25-13/h3-6,9,12H,7-8,10H2,1-2H3,(H,17,22)/t12-/m1/s1. The Hall–Kier alpha value is -2.52. The molecule has 0 aliphatic carbocycles. The third-order valence-corrected chi connectivity index (χ3v) is 4.38. The molecule has 8 nitrogen and oxygen atoms in total. The summed E-state index contributed by atoms with van der Waals surface area (Å²) in [5.74, 6) is -0.912. The number of ether oxygens (including phenoxy) is 2. The third kappa shape index (κ3) is 5.23. The number of hydrogen-bond donors (Lipinski definition) is 1. The molecule has 9 heteroatoms. The van der Waals surface area contributed by atoms with Crippen molar-refractivity contribution in [3.8, 4) is 0 Å². The van der Waals surface area contributed by atoms with Gasteiger partial charge >= 0.3 is 5.97 Å². The zero-order valence-corrected chi connectivity index (χ0v) is 14.7. The predicted molar refractivity (Wildman–Crippen MR) is 91.5 cm³/mol. The molecule has 0 aliphatic heterocycles. The number of carbonyl (C=O) groups excluding carboxylic acids is 2. The number of thiophene rings is 1. The first-order valence-corrected chi connectivity index (χ1v) is 8.41. The van der Waals surface area contributed by atoms with Crippen molar-refractivity contribution in [3.63, 3.8) is 0 Å². The number of carbonyl (C=O) groups is 2. The van der Waals surface area contributed by atoms with Gasteiger partial charge in [-0.05, 0) is 17.5 Å². The number of amides is 1. The molecule has 2 rings (SSSR count). The maximum Gasteiger partial charge on any atom is 0.307 e. The molecule has 0 aliphatic rings. The van der Waals surface area contributed by atoms with E-state index in [1.165, 1.54) is 42.4 Å². The summed E-state index contributed by atoms with van der Waals surface area (Å²) in [5, 5.41) is 8.66. The van der Waals surface area contributed by atoms with Crippen molar-refractivity contribution < 1.29 is 19.1 Å². The quantitative estimate of drug-likeness (QED) is 0.700. The Bertz CT molecular complexity index is 772. The molecule has 1 atom stereocenters. The van der Waals surface area contributed by atoms with Crippen molar-refractivity contribution in [1.29, 1.82) is 0 Å². The number of aromatic nitrogens is 2. The van der Waals surface area contributed by atoms with Gasteiger partial charge in [0.2, 0.25) is 0 Å². The first-order chi connectivity index (χ1) is 12.0. The van der Waals surface area contributed by atoms with Crippen molar-refractivity contribution in [2.45, 2.75) is 19.0 Å². The Labute approximate surface area is 148 Å². The highest BCUT2D eigenvalue weighted by atomic mass is 32.1. The van der Waals surface area contributed by atoms with E-state index in [-0.39, 0.29) is 24.2 Å². The minimum Gasteiger partial charge on any atom is -0.469 e. The number of hydrogen-bond acceptors (Lipinski definition) is 7. The minimum atomic E-state index is -0.527. The molecule has 0 bridgehead atoms. The average Bonchev–Trinajstić information content (AvgIpc) is 3.14. The van der Waals surface area contributed by atoms with E-state index in [1.54, 1.807) is 0 Å². The maximum absolute atomic E-state index is 12.5. The summed E-state index contributed by atoms with van der Waals surface area (Å²) in [7, 11) is 2.81. The van der Waals surface area contributed by atoms with Crippen LogP contribution in [0.25, 0.3) is 0 Å². The molecule has 2 heterocycles. The van der Waals surface area contributed by atoms with Crippen LogP contribution < -0.4 is 10.9 Å². The van der Waals surface area contributed by atoms with Gasteiger partial charge in [0.1, 0.15) is 5.69 Å². The van der Waals surface area contributed by atoms with Crippen LogP contribution in [-0.4, -0.2) is 42.5 Å². The van der Waals surface area contributed by atoms with E-state index in [0.29, 0.717) is 6.61 Å². The Balaban J connectivity index is 2.17. The van der Waals surface area contributed by atoms with Gasteiger partial charge in [-0.25, -0.2) is 4.68 Å². The smallest absolute Gasteiger partial charge is 0.307 e. The normalized spacial score (nSPS) is 11.8. The highest BCUT2D eigenvalue weighted by Crippen LogP contribution is 2.22. The zero-order valence-electron chi connectivity index (χ0n) is 13.9. The van der Waals surface area contributed by atoms with Crippen LogP contribution in [0.15, 0.2) is 34.4 Å². The number of rotatable bonds is 8. The van der Waals surface area contributed by atoms with Crippen LogP contribution in [0.2, 0.25) is 0 Å². The number of nitrogens with one attached hydrogen (secondary N) is 1. The van der Waals surface area contributed by atoms with E-state index in [0.717, 1.165) is 4.88 Å². The van der Waals surface area contributed by atoms with Gasteiger partial charge in [-0.1, -0.05) is 6.07 Å². The molecule has 0 radical (unpaired) electrons. The first-order valence-electron chi connectivity index (χ1n) is 7.53. The third-order valence-electron chi connectivity index (χ3n) is 3.40. The van der Waals surface area contributed by atoms with Crippen LogP contribution in [0.5, 0.6) is 0 Å². The molecule has 1 N–H and O–H groups in total. The Morgan fingerprint density at radius 1 is 1.32 bits per heavy atom. The SMILES string of the molecule is COCCn1nc(C(=O)N[C@H](CC(=O)OC)c2cccs2)ccc1=O. The molecule has 0 spiro atoms. The zero-order chi connectivity index (χ0) is 18.2. The summed E-state index contributed by atoms with van der Waals surface area (Å²) in [6, 6.07) is 5.76. The lowest BCUT2D eigenvalue weighted by Gasteiger charge is -2.16. The van der Waals surface area contributed by atoms with E-state index in [9.17, 15) is 14.4 Å². The molecule has 0 saturated heterocycles. The highest BCUT2D eigenvalue weighted by Gasteiger charge is 2.21. The van der Waals surface area contributed by atoms with Crippen LogP contribution in [0.4, 0.5) is 0 Å². The topological polar surface area (TPSA) is 99.5 Å².